The molecule has 2 heterocycles. The van der Waals surface area contributed by atoms with Crippen LogP contribution in [0.25, 0.3) is 0 Å². The maximum atomic E-state index is 12.5. The number of ether oxygens (including phenoxy) is 2. The number of methoxy groups -OCH3 is 1. The first kappa shape index (κ1) is 21.6. The van der Waals surface area contributed by atoms with Crippen LogP contribution in [0.1, 0.15) is 38.2 Å². The van der Waals surface area contributed by atoms with Gasteiger partial charge in [0, 0.05) is 50.3 Å². The Morgan fingerprint density at radius 2 is 1.93 bits per heavy atom. The molecule has 2 aromatic rings. The average molecular weight is 412 g/mol. The van der Waals surface area contributed by atoms with E-state index in [4.69, 9.17) is 9.47 Å². The van der Waals surface area contributed by atoms with E-state index in [2.05, 4.69) is 10.3 Å². The zero-order chi connectivity index (χ0) is 21.3. The molecule has 160 valence electrons. The van der Waals surface area contributed by atoms with Gasteiger partial charge in [0.05, 0.1) is 7.11 Å². The summed E-state index contributed by atoms with van der Waals surface area (Å²) in [6, 6.07) is 11.0. The van der Waals surface area contributed by atoms with Crippen molar-refractivity contribution in [3.63, 3.8) is 0 Å². The molecular weight excluding hydrogens is 382 g/mol. The first-order valence-electron chi connectivity index (χ1n) is 10.4. The van der Waals surface area contributed by atoms with Crippen LogP contribution in [-0.2, 0) is 16.1 Å². The molecule has 0 atom stereocenters. The van der Waals surface area contributed by atoms with Crippen molar-refractivity contribution in [2.24, 2.45) is 5.92 Å². The molecule has 30 heavy (non-hydrogen) atoms. The third-order valence-corrected chi connectivity index (χ3v) is 5.21. The second-order valence-corrected chi connectivity index (χ2v) is 7.41. The van der Waals surface area contributed by atoms with Crippen molar-refractivity contribution in [3.05, 3.63) is 48.2 Å². The molecule has 7 nitrogen and oxygen atoms in total. The number of benzene rings is 1. The van der Waals surface area contributed by atoms with Crippen LogP contribution in [0, 0.1) is 5.92 Å². The lowest BCUT2D eigenvalue weighted by Crippen LogP contribution is -2.42. The zero-order valence-corrected chi connectivity index (χ0v) is 17.6. The lowest BCUT2D eigenvalue weighted by atomic mass is 9.95. The molecule has 1 saturated heterocycles. The monoisotopic (exact) mass is 411 g/mol. The number of carbonyl (C=O) groups excluding carboxylic acids is 2. The maximum absolute atomic E-state index is 12.5. The number of nitrogens with zero attached hydrogens (tertiary/aromatic N) is 2. The van der Waals surface area contributed by atoms with Gasteiger partial charge in [-0.1, -0.05) is 19.1 Å². The van der Waals surface area contributed by atoms with Crippen molar-refractivity contribution >= 4 is 11.8 Å². The van der Waals surface area contributed by atoms with Crippen LogP contribution in [0.3, 0.4) is 0 Å². The Hall–Kier alpha value is -3.09. The van der Waals surface area contributed by atoms with Crippen LogP contribution >= 0.6 is 0 Å². The predicted molar refractivity (Wildman–Crippen MR) is 113 cm³/mol. The molecule has 0 saturated carbocycles. The molecule has 0 aliphatic carbocycles. The number of piperidine rings is 1. The van der Waals surface area contributed by atoms with Gasteiger partial charge < -0.3 is 19.7 Å². The van der Waals surface area contributed by atoms with Gasteiger partial charge in [-0.3, -0.25) is 9.59 Å². The lowest BCUT2D eigenvalue weighted by Gasteiger charge is -2.31. The minimum absolute atomic E-state index is 0.0364. The van der Waals surface area contributed by atoms with Crippen molar-refractivity contribution < 1.29 is 19.1 Å². The minimum Gasteiger partial charge on any atom is -0.497 e. The molecule has 0 unspecified atom stereocenters. The van der Waals surface area contributed by atoms with E-state index in [-0.39, 0.29) is 17.7 Å². The van der Waals surface area contributed by atoms with E-state index < -0.39 is 0 Å². The highest BCUT2D eigenvalue weighted by atomic mass is 16.5. The minimum atomic E-state index is -0.0423. The largest absolute Gasteiger partial charge is 0.497 e. The number of rotatable bonds is 8. The Bertz CT molecular complexity index is 846. The number of hydrogen-bond donors (Lipinski definition) is 1. The Kier molecular flexibility index (Phi) is 7.65. The first-order valence-corrected chi connectivity index (χ1v) is 10.4. The number of carbonyl (C=O) groups is 2. The summed E-state index contributed by atoms with van der Waals surface area (Å²) in [7, 11) is 1.61. The van der Waals surface area contributed by atoms with Crippen LogP contribution in [0.4, 0.5) is 0 Å². The summed E-state index contributed by atoms with van der Waals surface area (Å²) < 4.78 is 10.9. The summed E-state index contributed by atoms with van der Waals surface area (Å²) in [5.41, 5.74) is 0.900. The maximum Gasteiger partial charge on any atom is 0.223 e. The molecule has 1 aromatic carbocycles. The Morgan fingerprint density at radius 3 is 2.60 bits per heavy atom. The molecule has 0 radical (unpaired) electrons. The van der Waals surface area contributed by atoms with Gasteiger partial charge in [0.1, 0.15) is 11.5 Å². The summed E-state index contributed by atoms with van der Waals surface area (Å²) in [6.45, 7) is 3.74. The molecular formula is C23H29N3O4. The zero-order valence-electron chi connectivity index (χ0n) is 17.6. The van der Waals surface area contributed by atoms with Crippen molar-refractivity contribution in [2.45, 2.75) is 39.2 Å². The summed E-state index contributed by atoms with van der Waals surface area (Å²) in [4.78, 5) is 30.6. The van der Waals surface area contributed by atoms with Crippen LogP contribution in [-0.4, -0.2) is 41.9 Å². The molecule has 1 aliphatic heterocycles. The fourth-order valence-electron chi connectivity index (χ4n) is 3.46. The van der Waals surface area contributed by atoms with Crippen molar-refractivity contribution in [1.82, 2.24) is 15.2 Å². The molecule has 7 heteroatoms. The molecule has 3 rings (SSSR count). The Morgan fingerprint density at radius 1 is 1.17 bits per heavy atom. The predicted octanol–water partition coefficient (Wildman–Crippen LogP) is 3.54. The quantitative estimate of drug-likeness (QED) is 0.719. The van der Waals surface area contributed by atoms with Crippen LogP contribution in [0.2, 0.25) is 0 Å². The third-order valence-electron chi connectivity index (χ3n) is 5.21. The number of aromatic nitrogens is 1. The molecule has 2 amide bonds. The SMILES string of the molecule is CCCC(=O)N1CCC(C(=O)NCc2ccc(Oc3cccc(OC)c3)nc2)CC1. The second-order valence-electron chi connectivity index (χ2n) is 7.41. The van der Waals surface area contributed by atoms with E-state index in [1.54, 1.807) is 25.4 Å². The topological polar surface area (TPSA) is 80.8 Å². The van der Waals surface area contributed by atoms with Gasteiger partial charge in [-0.15, -0.1) is 0 Å². The summed E-state index contributed by atoms with van der Waals surface area (Å²) in [6.07, 6.45) is 4.57. The molecule has 0 spiro atoms. The summed E-state index contributed by atoms with van der Waals surface area (Å²) in [5.74, 6) is 2.02. The number of amides is 2. The Labute approximate surface area is 177 Å². The van der Waals surface area contributed by atoms with Gasteiger partial charge in [0.15, 0.2) is 0 Å². The number of likely N-dealkylation sites (tertiary alicyclic amines) is 1. The molecule has 0 bridgehead atoms. The smallest absolute Gasteiger partial charge is 0.223 e. The van der Waals surface area contributed by atoms with E-state index >= 15 is 0 Å². The number of pyridine rings is 1. The van der Waals surface area contributed by atoms with E-state index in [0.717, 1.165) is 12.0 Å². The van der Waals surface area contributed by atoms with E-state index in [1.165, 1.54) is 0 Å². The molecule has 1 fully saturated rings. The average Bonchev–Trinajstić information content (AvgIpc) is 2.79. The van der Waals surface area contributed by atoms with Gasteiger partial charge in [0.25, 0.3) is 0 Å². The van der Waals surface area contributed by atoms with Crippen molar-refractivity contribution in [3.8, 4) is 17.4 Å². The fraction of sp³-hybridized carbons (Fsp3) is 0.435. The standard InChI is InChI=1S/C23H29N3O4/c1-3-5-22(27)26-12-10-18(11-13-26)23(28)25-16-17-8-9-21(24-15-17)30-20-7-4-6-19(14-20)29-2/h4,6-9,14-15,18H,3,5,10-13,16H2,1-2H3,(H,25,28). The van der Waals surface area contributed by atoms with Crippen LogP contribution in [0.15, 0.2) is 42.6 Å². The van der Waals surface area contributed by atoms with Crippen LogP contribution in [0.5, 0.6) is 17.4 Å². The lowest BCUT2D eigenvalue weighted by molar-refractivity contribution is -0.135. The van der Waals surface area contributed by atoms with Crippen molar-refractivity contribution in [1.29, 1.82) is 0 Å². The van der Waals surface area contributed by atoms with Gasteiger partial charge in [-0.2, -0.15) is 0 Å². The van der Waals surface area contributed by atoms with E-state index in [0.29, 0.717) is 56.3 Å². The fourth-order valence-corrected chi connectivity index (χ4v) is 3.46. The highest BCUT2D eigenvalue weighted by molar-refractivity contribution is 5.80. The summed E-state index contributed by atoms with van der Waals surface area (Å²) >= 11 is 0. The molecule has 1 N–H and O–H groups in total. The van der Waals surface area contributed by atoms with E-state index in [1.807, 2.05) is 36.1 Å². The molecule has 1 aliphatic rings. The van der Waals surface area contributed by atoms with Gasteiger partial charge in [-0.25, -0.2) is 4.98 Å². The Balaban J connectivity index is 1.44. The van der Waals surface area contributed by atoms with Gasteiger partial charge >= 0.3 is 0 Å². The number of hydrogen-bond acceptors (Lipinski definition) is 5. The van der Waals surface area contributed by atoms with Crippen molar-refractivity contribution in [2.75, 3.05) is 20.2 Å². The third kappa shape index (κ3) is 5.95. The first-order chi connectivity index (χ1) is 14.6. The van der Waals surface area contributed by atoms with Crippen LogP contribution < -0.4 is 14.8 Å². The summed E-state index contributed by atoms with van der Waals surface area (Å²) in [5, 5.41) is 2.98. The molecule has 1 aromatic heterocycles. The highest BCUT2D eigenvalue weighted by Crippen LogP contribution is 2.24. The normalized spacial score (nSPS) is 14.3. The van der Waals surface area contributed by atoms with E-state index in [9.17, 15) is 9.59 Å². The van der Waals surface area contributed by atoms with Gasteiger partial charge in [0.2, 0.25) is 17.7 Å². The number of nitrogens with one attached hydrogen (secondary N) is 1. The highest BCUT2D eigenvalue weighted by Gasteiger charge is 2.26. The van der Waals surface area contributed by atoms with Gasteiger partial charge in [-0.05, 0) is 37.0 Å². The second kappa shape index (κ2) is 10.6.